The summed E-state index contributed by atoms with van der Waals surface area (Å²) in [5, 5.41) is 1.15. The van der Waals surface area contributed by atoms with Gasteiger partial charge in [-0.05, 0) is 83.1 Å². The van der Waals surface area contributed by atoms with Crippen LogP contribution in [0, 0.1) is 3.57 Å². The topological polar surface area (TPSA) is 59.1 Å². The molecule has 0 saturated carbocycles. The van der Waals surface area contributed by atoms with Crippen LogP contribution in [0.3, 0.4) is 0 Å². The van der Waals surface area contributed by atoms with Gasteiger partial charge in [0.25, 0.3) is 11.8 Å². The molecule has 37 heavy (non-hydrogen) atoms. The summed E-state index contributed by atoms with van der Waals surface area (Å²) in [5.41, 5.74) is 2.58. The fourth-order valence-corrected chi connectivity index (χ4v) is 5.18. The van der Waals surface area contributed by atoms with E-state index in [4.69, 9.17) is 32.7 Å². The first-order valence-electron chi connectivity index (χ1n) is 11.8. The van der Waals surface area contributed by atoms with E-state index in [1.807, 2.05) is 37.3 Å². The molecule has 3 aromatic carbocycles. The molecule has 3 aromatic rings. The summed E-state index contributed by atoms with van der Waals surface area (Å²) in [4.78, 5) is 31.9. The van der Waals surface area contributed by atoms with Gasteiger partial charge in [0, 0.05) is 27.3 Å². The number of hydrogen-bond donors (Lipinski definition) is 0. The number of nitrogens with zero attached hydrogens (tertiary/aromatic N) is 2. The van der Waals surface area contributed by atoms with Crippen molar-refractivity contribution in [3.63, 3.8) is 0 Å². The molecular formula is C28H27Cl2IN2O4. The van der Waals surface area contributed by atoms with E-state index in [0.717, 1.165) is 9.13 Å². The van der Waals surface area contributed by atoms with E-state index < -0.39 is 12.1 Å². The van der Waals surface area contributed by atoms with Crippen LogP contribution in [-0.4, -0.2) is 50.2 Å². The summed E-state index contributed by atoms with van der Waals surface area (Å²) in [5.74, 6) is -0.446. The van der Waals surface area contributed by atoms with Crippen LogP contribution in [0.25, 0.3) is 0 Å². The minimum atomic E-state index is -0.875. The maximum Gasteiger partial charge on any atom is 0.257 e. The monoisotopic (exact) mass is 652 g/mol. The van der Waals surface area contributed by atoms with Crippen molar-refractivity contribution >= 4 is 63.3 Å². The number of ether oxygens (including phenoxy) is 2. The molecule has 0 fully saturated rings. The molecule has 0 aliphatic carbocycles. The normalized spacial score (nSPS) is 16.5. The van der Waals surface area contributed by atoms with E-state index in [9.17, 15) is 9.59 Å². The highest BCUT2D eigenvalue weighted by atomic mass is 127. The average molecular weight is 653 g/mol. The molecule has 2 atom stereocenters. The standard InChI is InChI=1S/C28H27Cl2IN2O4/c1-18(19-3-7-21(29)8-4-19)33-26(20-5-9-22(30)10-6-20)28(35)32(13-14-37-16-15-36-2)25-12-11-23(31)17-24(25)27(33)34/h3-12,17-18,26H,13-16H2,1-2H3/t18-,26+/m0/s1. The first-order chi connectivity index (χ1) is 17.8. The van der Waals surface area contributed by atoms with E-state index >= 15 is 0 Å². The highest BCUT2D eigenvalue weighted by Gasteiger charge is 2.42. The summed E-state index contributed by atoms with van der Waals surface area (Å²) in [7, 11) is 1.61. The molecule has 1 aliphatic heterocycles. The number of halogens is 3. The van der Waals surface area contributed by atoms with Gasteiger partial charge in [-0.15, -0.1) is 0 Å². The molecular weight excluding hydrogens is 626 g/mol. The Bertz CT molecular complexity index is 1250. The number of rotatable bonds is 9. The van der Waals surface area contributed by atoms with Crippen LogP contribution in [-0.2, 0) is 14.3 Å². The van der Waals surface area contributed by atoms with Gasteiger partial charge in [0.15, 0.2) is 0 Å². The van der Waals surface area contributed by atoms with Crippen LogP contribution in [0.2, 0.25) is 10.0 Å². The lowest BCUT2D eigenvalue weighted by atomic mass is 9.98. The minimum Gasteiger partial charge on any atom is -0.382 e. The number of carbonyl (C=O) groups excluding carboxylic acids is 2. The third-order valence-corrected chi connectivity index (χ3v) is 7.51. The first kappa shape index (κ1) is 27.9. The maximum atomic E-state index is 14.3. The molecule has 1 heterocycles. The molecule has 0 unspecified atom stereocenters. The van der Waals surface area contributed by atoms with Crippen molar-refractivity contribution in [1.29, 1.82) is 0 Å². The number of anilines is 1. The van der Waals surface area contributed by atoms with Crippen molar-refractivity contribution < 1.29 is 19.1 Å². The lowest BCUT2D eigenvalue weighted by Gasteiger charge is -2.36. The smallest absolute Gasteiger partial charge is 0.257 e. The van der Waals surface area contributed by atoms with Crippen LogP contribution in [0.15, 0.2) is 66.7 Å². The van der Waals surface area contributed by atoms with Gasteiger partial charge in [-0.1, -0.05) is 47.5 Å². The molecule has 0 spiro atoms. The van der Waals surface area contributed by atoms with Gasteiger partial charge < -0.3 is 19.3 Å². The Balaban J connectivity index is 1.83. The van der Waals surface area contributed by atoms with Gasteiger partial charge in [-0.3, -0.25) is 9.59 Å². The lowest BCUT2D eigenvalue weighted by molar-refractivity contribution is -0.124. The number of carbonyl (C=O) groups is 2. The largest absolute Gasteiger partial charge is 0.382 e. The quantitative estimate of drug-likeness (QED) is 0.194. The van der Waals surface area contributed by atoms with E-state index in [1.54, 1.807) is 53.3 Å². The highest BCUT2D eigenvalue weighted by molar-refractivity contribution is 14.1. The number of fused-ring (bicyclic) bond motifs is 1. The van der Waals surface area contributed by atoms with Crippen molar-refractivity contribution in [2.75, 3.05) is 38.4 Å². The molecule has 4 rings (SSSR count). The van der Waals surface area contributed by atoms with Crippen LogP contribution in [0.4, 0.5) is 5.69 Å². The average Bonchev–Trinajstić information content (AvgIpc) is 2.97. The zero-order valence-electron chi connectivity index (χ0n) is 20.5. The first-order valence-corrected chi connectivity index (χ1v) is 13.7. The maximum absolute atomic E-state index is 14.3. The van der Waals surface area contributed by atoms with Crippen molar-refractivity contribution in [3.8, 4) is 0 Å². The highest BCUT2D eigenvalue weighted by Crippen LogP contribution is 2.40. The van der Waals surface area contributed by atoms with Crippen LogP contribution in [0.1, 0.15) is 40.5 Å². The van der Waals surface area contributed by atoms with Crippen molar-refractivity contribution in [2.45, 2.75) is 19.0 Å². The molecule has 1 aliphatic rings. The predicted octanol–water partition coefficient (Wildman–Crippen LogP) is 6.55. The Morgan fingerprint density at radius 3 is 2.22 bits per heavy atom. The minimum absolute atomic E-state index is 0.216. The zero-order valence-corrected chi connectivity index (χ0v) is 24.2. The molecule has 0 bridgehead atoms. The zero-order chi connectivity index (χ0) is 26.5. The SMILES string of the molecule is COCCOCCN1C(=O)[C@@H](c2ccc(Cl)cc2)N([C@@H](C)c2ccc(Cl)cc2)C(=O)c2cc(I)ccc21. The second kappa shape index (κ2) is 12.6. The number of benzene rings is 3. The molecule has 6 nitrogen and oxygen atoms in total. The Morgan fingerprint density at radius 2 is 1.57 bits per heavy atom. The second-order valence-electron chi connectivity index (χ2n) is 8.65. The van der Waals surface area contributed by atoms with Gasteiger partial charge in [0.2, 0.25) is 0 Å². The molecule has 194 valence electrons. The molecule has 0 radical (unpaired) electrons. The number of methoxy groups -OCH3 is 1. The van der Waals surface area contributed by atoms with E-state index in [2.05, 4.69) is 22.6 Å². The molecule has 2 amide bonds. The predicted molar refractivity (Wildman–Crippen MR) is 154 cm³/mol. The number of hydrogen-bond acceptors (Lipinski definition) is 4. The van der Waals surface area contributed by atoms with Gasteiger partial charge in [0.1, 0.15) is 6.04 Å². The summed E-state index contributed by atoms with van der Waals surface area (Å²) in [6, 6.07) is 18.7. The Hall–Kier alpha value is -2.17. The third-order valence-electron chi connectivity index (χ3n) is 6.34. The third kappa shape index (κ3) is 6.29. The lowest BCUT2D eigenvalue weighted by Crippen LogP contribution is -2.44. The van der Waals surface area contributed by atoms with E-state index in [-0.39, 0.29) is 18.4 Å². The van der Waals surface area contributed by atoms with Gasteiger partial charge in [-0.25, -0.2) is 0 Å². The second-order valence-corrected chi connectivity index (χ2v) is 10.8. The molecule has 0 N–H and O–H groups in total. The van der Waals surface area contributed by atoms with Crippen molar-refractivity contribution in [3.05, 3.63) is 97.0 Å². The molecule has 9 heteroatoms. The Labute approximate surface area is 240 Å². The fraction of sp³-hybridized carbons (Fsp3) is 0.286. The van der Waals surface area contributed by atoms with Gasteiger partial charge in [0.05, 0.1) is 37.1 Å². The van der Waals surface area contributed by atoms with Crippen molar-refractivity contribution in [2.24, 2.45) is 0 Å². The van der Waals surface area contributed by atoms with Crippen LogP contribution >= 0.6 is 45.8 Å². The summed E-state index contributed by atoms with van der Waals surface area (Å²) >= 11 is 14.5. The summed E-state index contributed by atoms with van der Waals surface area (Å²) in [6.45, 7) is 3.39. The number of amides is 2. The molecule has 0 saturated heterocycles. The van der Waals surface area contributed by atoms with E-state index in [1.165, 1.54) is 0 Å². The fourth-order valence-electron chi connectivity index (χ4n) is 4.44. The Morgan fingerprint density at radius 1 is 0.919 bits per heavy atom. The van der Waals surface area contributed by atoms with E-state index in [0.29, 0.717) is 46.7 Å². The van der Waals surface area contributed by atoms with Gasteiger partial charge in [-0.2, -0.15) is 0 Å². The van der Waals surface area contributed by atoms with Crippen LogP contribution in [0.5, 0.6) is 0 Å². The summed E-state index contributed by atoms with van der Waals surface area (Å²) in [6.07, 6.45) is 0. The summed E-state index contributed by atoms with van der Waals surface area (Å²) < 4.78 is 11.7. The molecule has 0 aromatic heterocycles. The van der Waals surface area contributed by atoms with Crippen molar-refractivity contribution in [1.82, 2.24) is 4.90 Å². The van der Waals surface area contributed by atoms with Crippen LogP contribution < -0.4 is 4.90 Å². The Kier molecular flexibility index (Phi) is 9.47. The van der Waals surface area contributed by atoms with Gasteiger partial charge >= 0.3 is 0 Å².